The van der Waals surface area contributed by atoms with E-state index in [1.807, 2.05) is 14.0 Å². The number of amides is 1. The fourth-order valence-corrected chi connectivity index (χ4v) is 2.30. The van der Waals surface area contributed by atoms with Gasteiger partial charge in [-0.05, 0) is 32.2 Å². The molecule has 0 bridgehead atoms. The van der Waals surface area contributed by atoms with Crippen molar-refractivity contribution in [2.45, 2.75) is 52.0 Å². The highest BCUT2D eigenvalue weighted by Gasteiger charge is 2.18. The van der Waals surface area contributed by atoms with Gasteiger partial charge in [0.1, 0.15) is 0 Å². The number of carbonyl (C=O) groups is 1. The number of hydrogen-bond acceptors (Lipinski definition) is 2. The van der Waals surface area contributed by atoms with E-state index in [4.69, 9.17) is 0 Å². The van der Waals surface area contributed by atoms with Crippen molar-refractivity contribution in [3.63, 3.8) is 0 Å². The largest absolute Gasteiger partial charge is 0.355 e. The number of carbonyl (C=O) groups excluding carboxylic acids is 1. The van der Waals surface area contributed by atoms with Crippen LogP contribution in [-0.2, 0) is 4.79 Å². The fraction of sp³-hybridized carbons (Fsp3) is 0.923. The van der Waals surface area contributed by atoms with Crippen LogP contribution in [0.4, 0.5) is 0 Å². The zero-order chi connectivity index (χ0) is 12.0. The predicted octanol–water partition coefficient (Wildman–Crippen LogP) is 1.93. The SMILES string of the molecule is CNC(C)C(=O)NCCC1CCC(C)CC1. The molecular formula is C13H26N2O. The van der Waals surface area contributed by atoms with Gasteiger partial charge in [0.05, 0.1) is 6.04 Å². The molecule has 0 radical (unpaired) electrons. The third-order valence-corrected chi connectivity index (χ3v) is 3.81. The molecule has 2 N–H and O–H groups in total. The van der Waals surface area contributed by atoms with Crippen molar-refractivity contribution in [3.8, 4) is 0 Å². The zero-order valence-electron chi connectivity index (χ0n) is 10.9. The lowest BCUT2D eigenvalue weighted by Crippen LogP contribution is -2.41. The topological polar surface area (TPSA) is 41.1 Å². The summed E-state index contributed by atoms with van der Waals surface area (Å²) in [6.07, 6.45) is 6.57. The Hall–Kier alpha value is -0.570. The minimum Gasteiger partial charge on any atom is -0.355 e. The molecule has 0 heterocycles. The normalized spacial score (nSPS) is 27.4. The second-order valence-corrected chi connectivity index (χ2v) is 5.22. The van der Waals surface area contributed by atoms with Gasteiger partial charge in [-0.3, -0.25) is 4.79 Å². The van der Waals surface area contributed by atoms with Gasteiger partial charge in [-0.1, -0.05) is 32.6 Å². The molecule has 1 saturated carbocycles. The monoisotopic (exact) mass is 226 g/mol. The Morgan fingerprint density at radius 3 is 2.50 bits per heavy atom. The molecule has 3 nitrogen and oxygen atoms in total. The third-order valence-electron chi connectivity index (χ3n) is 3.81. The molecule has 0 spiro atoms. The molecular weight excluding hydrogens is 200 g/mol. The van der Waals surface area contributed by atoms with Crippen molar-refractivity contribution in [2.75, 3.05) is 13.6 Å². The van der Waals surface area contributed by atoms with Crippen LogP contribution in [0.5, 0.6) is 0 Å². The predicted molar refractivity (Wildman–Crippen MR) is 67.3 cm³/mol. The van der Waals surface area contributed by atoms with Crippen molar-refractivity contribution in [1.82, 2.24) is 10.6 Å². The van der Waals surface area contributed by atoms with Gasteiger partial charge in [0.25, 0.3) is 0 Å². The molecule has 1 fully saturated rings. The van der Waals surface area contributed by atoms with Crippen LogP contribution in [0.2, 0.25) is 0 Å². The van der Waals surface area contributed by atoms with Crippen LogP contribution in [-0.4, -0.2) is 25.5 Å². The highest BCUT2D eigenvalue weighted by atomic mass is 16.2. The van der Waals surface area contributed by atoms with E-state index in [0.29, 0.717) is 0 Å². The molecule has 0 aliphatic heterocycles. The first-order valence-corrected chi connectivity index (χ1v) is 6.58. The molecule has 1 atom stereocenters. The van der Waals surface area contributed by atoms with Crippen LogP contribution in [0, 0.1) is 11.8 Å². The van der Waals surface area contributed by atoms with Gasteiger partial charge >= 0.3 is 0 Å². The number of likely N-dealkylation sites (N-methyl/N-ethyl adjacent to an activating group) is 1. The number of rotatable bonds is 5. The van der Waals surface area contributed by atoms with Crippen LogP contribution in [0.1, 0.15) is 46.0 Å². The maximum absolute atomic E-state index is 11.5. The van der Waals surface area contributed by atoms with Crippen molar-refractivity contribution in [2.24, 2.45) is 11.8 Å². The average Bonchev–Trinajstić information content (AvgIpc) is 2.30. The molecule has 3 heteroatoms. The van der Waals surface area contributed by atoms with E-state index in [0.717, 1.165) is 24.8 Å². The molecule has 0 aromatic heterocycles. The summed E-state index contributed by atoms with van der Waals surface area (Å²) >= 11 is 0. The third kappa shape index (κ3) is 4.52. The summed E-state index contributed by atoms with van der Waals surface area (Å²) in [5.41, 5.74) is 0. The van der Waals surface area contributed by atoms with Crippen LogP contribution >= 0.6 is 0 Å². The average molecular weight is 226 g/mol. The lowest BCUT2D eigenvalue weighted by atomic mass is 9.81. The summed E-state index contributed by atoms with van der Waals surface area (Å²) in [6.45, 7) is 5.06. The van der Waals surface area contributed by atoms with Gasteiger partial charge < -0.3 is 10.6 Å². The molecule has 16 heavy (non-hydrogen) atoms. The highest BCUT2D eigenvalue weighted by Crippen LogP contribution is 2.29. The van der Waals surface area contributed by atoms with Gasteiger partial charge in [-0.25, -0.2) is 0 Å². The Balaban J connectivity index is 2.09. The van der Waals surface area contributed by atoms with E-state index in [1.165, 1.54) is 25.7 Å². The van der Waals surface area contributed by atoms with Crippen molar-refractivity contribution >= 4 is 5.91 Å². The van der Waals surface area contributed by atoms with E-state index in [9.17, 15) is 4.79 Å². The van der Waals surface area contributed by atoms with Gasteiger partial charge in [-0.2, -0.15) is 0 Å². The molecule has 1 aliphatic carbocycles. The van der Waals surface area contributed by atoms with Crippen LogP contribution in [0.25, 0.3) is 0 Å². The lowest BCUT2D eigenvalue weighted by molar-refractivity contribution is -0.122. The minimum atomic E-state index is -0.0774. The Kier molecular flexibility index (Phi) is 5.81. The van der Waals surface area contributed by atoms with Crippen molar-refractivity contribution in [1.29, 1.82) is 0 Å². The van der Waals surface area contributed by atoms with Gasteiger partial charge in [-0.15, -0.1) is 0 Å². The van der Waals surface area contributed by atoms with E-state index < -0.39 is 0 Å². The van der Waals surface area contributed by atoms with Crippen LogP contribution < -0.4 is 10.6 Å². The van der Waals surface area contributed by atoms with Crippen LogP contribution in [0.15, 0.2) is 0 Å². The molecule has 94 valence electrons. The minimum absolute atomic E-state index is 0.0774. The second-order valence-electron chi connectivity index (χ2n) is 5.22. The summed E-state index contributed by atoms with van der Waals surface area (Å²) in [6, 6.07) is -0.0774. The molecule has 0 aromatic carbocycles. The van der Waals surface area contributed by atoms with Gasteiger partial charge in [0, 0.05) is 6.54 Å². The molecule has 1 aliphatic rings. The van der Waals surface area contributed by atoms with E-state index >= 15 is 0 Å². The first kappa shape index (κ1) is 13.5. The fourth-order valence-electron chi connectivity index (χ4n) is 2.30. The van der Waals surface area contributed by atoms with E-state index in [-0.39, 0.29) is 11.9 Å². The number of nitrogens with one attached hydrogen (secondary N) is 2. The summed E-state index contributed by atoms with van der Waals surface area (Å²) in [7, 11) is 1.81. The summed E-state index contributed by atoms with van der Waals surface area (Å²) in [5.74, 6) is 1.86. The molecule has 0 saturated heterocycles. The van der Waals surface area contributed by atoms with E-state index in [1.54, 1.807) is 0 Å². The number of hydrogen-bond donors (Lipinski definition) is 2. The van der Waals surface area contributed by atoms with Gasteiger partial charge in [0.2, 0.25) is 5.91 Å². The van der Waals surface area contributed by atoms with Crippen molar-refractivity contribution in [3.05, 3.63) is 0 Å². The lowest BCUT2D eigenvalue weighted by Gasteiger charge is -2.26. The molecule has 1 amide bonds. The van der Waals surface area contributed by atoms with Crippen molar-refractivity contribution < 1.29 is 4.79 Å². The molecule has 0 aromatic rings. The summed E-state index contributed by atoms with van der Waals surface area (Å²) in [5, 5.41) is 5.94. The van der Waals surface area contributed by atoms with Crippen LogP contribution in [0.3, 0.4) is 0 Å². The summed E-state index contributed by atoms with van der Waals surface area (Å²) < 4.78 is 0. The first-order valence-electron chi connectivity index (χ1n) is 6.58. The molecule has 1 unspecified atom stereocenters. The van der Waals surface area contributed by atoms with Gasteiger partial charge in [0.15, 0.2) is 0 Å². The quantitative estimate of drug-likeness (QED) is 0.752. The zero-order valence-corrected chi connectivity index (χ0v) is 10.9. The summed E-state index contributed by atoms with van der Waals surface area (Å²) in [4.78, 5) is 11.5. The Bertz CT molecular complexity index is 210. The Morgan fingerprint density at radius 2 is 1.94 bits per heavy atom. The second kappa shape index (κ2) is 6.89. The maximum atomic E-state index is 11.5. The Labute approximate surface area is 99.4 Å². The Morgan fingerprint density at radius 1 is 1.31 bits per heavy atom. The molecule has 1 rings (SSSR count). The highest BCUT2D eigenvalue weighted by molar-refractivity contribution is 5.81. The van der Waals surface area contributed by atoms with E-state index in [2.05, 4.69) is 17.6 Å². The maximum Gasteiger partial charge on any atom is 0.236 e. The smallest absolute Gasteiger partial charge is 0.236 e. The first-order chi connectivity index (χ1) is 7.63. The standard InChI is InChI=1S/C13H26N2O/c1-10-4-6-12(7-5-10)8-9-15-13(16)11(2)14-3/h10-12,14H,4-9H2,1-3H3,(H,15,16).